The van der Waals surface area contributed by atoms with Crippen LogP contribution in [0.25, 0.3) is 11.0 Å². The van der Waals surface area contributed by atoms with Gasteiger partial charge in [0.1, 0.15) is 0 Å². The van der Waals surface area contributed by atoms with E-state index in [4.69, 9.17) is 4.74 Å². The summed E-state index contributed by atoms with van der Waals surface area (Å²) in [6.07, 6.45) is -0.740. The van der Waals surface area contributed by atoms with Crippen LogP contribution in [0.1, 0.15) is 11.8 Å². The normalized spacial score (nSPS) is 23.7. The number of aliphatic hydroxyl groups is 3. The van der Waals surface area contributed by atoms with Crippen molar-refractivity contribution in [2.75, 3.05) is 6.61 Å². The first-order chi connectivity index (χ1) is 14.4. The van der Waals surface area contributed by atoms with E-state index < -0.39 is 51.0 Å². The van der Waals surface area contributed by atoms with Gasteiger partial charge in [0, 0.05) is 0 Å². The number of nitriles is 1. The number of nitrogens with zero attached hydrogens (tertiary/aromatic N) is 7. The number of hydrogen-bond acceptors (Lipinski definition) is 10. The zero-order valence-corrected chi connectivity index (χ0v) is 17.1. The SMILES string of the molecule is Cn1cnc([N+](=O)[O-])c1[Se]c1ncnc2c1c(C#N)cn2[C@@H]1O[C@H](CO)[C@@H](O)[C@H]1O. The van der Waals surface area contributed by atoms with Crippen LogP contribution < -0.4 is 9.18 Å². The summed E-state index contributed by atoms with van der Waals surface area (Å²) in [7, 11) is 1.63. The Hall–Kier alpha value is -2.92. The Morgan fingerprint density at radius 1 is 1.37 bits per heavy atom. The van der Waals surface area contributed by atoms with Gasteiger partial charge in [0.2, 0.25) is 0 Å². The van der Waals surface area contributed by atoms with Gasteiger partial charge in [0.05, 0.1) is 0 Å². The molecule has 14 heteroatoms. The Balaban J connectivity index is 1.83. The second kappa shape index (κ2) is 7.73. The molecule has 3 aromatic heterocycles. The van der Waals surface area contributed by atoms with Crippen molar-refractivity contribution in [3.05, 3.63) is 34.5 Å². The van der Waals surface area contributed by atoms with Crippen LogP contribution in [0, 0.1) is 21.4 Å². The topological polar surface area (TPSA) is 185 Å². The summed E-state index contributed by atoms with van der Waals surface area (Å²) in [5.41, 5.74) is 0.447. The monoisotopic (exact) mass is 481 g/mol. The van der Waals surface area contributed by atoms with E-state index in [0.29, 0.717) is 14.6 Å². The van der Waals surface area contributed by atoms with Crippen molar-refractivity contribution in [2.45, 2.75) is 24.5 Å². The Labute approximate surface area is 174 Å². The summed E-state index contributed by atoms with van der Waals surface area (Å²) < 4.78 is 9.25. The predicted octanol–water partition coefficient (Wildman–Crippen LogP) is -2.79. The van der Waals surface area contributed by atoms with Crippen LogP contribution >= 0.6 is 0 Å². The van der Waals surface area contributed by atoms with Gasteiger partial charge in [-0.3, -0.25) is 0 Å². The number of fused-ring (bicyclic) bond motifs is 1. The Kier molecular flexibility index (Phi) is 5.24. The molecule has 30 heavy (non-hydrogen) atoms. The van der Waals surface area contributed by atoms with E-state index in [2.05, 4.69) is 15.0 Å². The van der Waals surface area contributed by atoms with Crippen LogP contribution in [-0.2, 0) is 11.8 Å². The number of hydrogen-bond donors (Lipinski definition) is 3. The summed E-state index contributed by atoms with van der Waals surface area (Å²) in [6.45, 7) is -0.494. The van der Waals surface area contributed by atoms with Gasteiger partial charge in [0.25, 0.3) is 0 Å². The fraction of sp³-hybridized carbons (Fsp3) is 0.375. The van der Waals surface area contributed by atoms with E-state index in [-0.39, 0.29) is 17.0 Å². The molecule has 0 bridgehead atoms. The van der Waals surface area contributed by atoms with Crippen molar-refractivity contribution >= 4 is 41.0 Å². The molecule has 1 saturated heterocycles. The number of imidazole rings is 1. The van der Waals surface area contributed by atoms with E-state index in [1.54, 1.807) is 7.05 Å². The summed E-state index contributed by atoms with van der Waals surface area (Å²) >= 11 is -0.686. The number of aromatic nitrogens is 5. The maximum atomic E-state index is 11.3. The fourth-order valence-corrected chi connectivity index (χ4v) is 5.35. The molecule has 3 aromatic rings. The summed E-state index contributed by atoms with van der Waals surface area (Å²) in [6, 6.07) is 2.04. The minimum atomic E-state index is -1.36. The van der Waals surface area contributed by atoms with Crippen molar-refractivity contribution in [1.29, 1.82) is 5.26 Å². The molecule has 3 N–H and O–H groups in total. The molecular weight excluding hydrogens is 465 g/mol. The summed E-state index contributed by atoms with van der Waals surface area (Å²) in [5, 5.41) is 51.0. The molecule has 156 valence electrons. The van der Waals surface area contributed by atoms with Crippen molar-refractivity contribution in [3.8, 4) is 6.07 Å². The Morgan fingerprint density at radius 2 is 2.13 bits per heavy atom. The van der Waals surface area contributed by atoms with Crippen LogP contribution in [0.4, 0.5) is 5.82 Å². The third-order valence-corrected chi connectivity index (χ3v) is 7.17. The minimum absolute atomic E-state index is 0.185. The van der Waals surface area contributed by atoms with E-state index in [9.17, 15) is 30.7 Å². The number of aryl methyl sites for hydroxylation is 1. The van der Waals surface area contributed by atoms with Crippen LogP contribution in [0.15, 0.2) is 18.9 Å². The van der Waals surface area contributed by atoms with Crippen LogP contribution in [0.3, 0.4) is 0 Å². The van der Waals surface area contributed by atoms with E-state index in [1.165, 1.54) is 28.0 Å². The average Bonchev–Trinajstić information content (AvgIpc) is 3.37. The molecule has 4 atom stereocenters. The Morgan fingerprint density at radius 3 is 2.77 bits per heavy atom. The van der Waals surface area contributed by atoms with Crippen LogP contribution in [-0.4, -0.2) is 84.2 Å². The third kappa shape index (κ3) is 3.14. The first kappa shape index (κ1) is 20.4. The molecule has 13 nitrogen and oxygen atoms in total. The zero-order chi connectivity index (χ0) is 21.6. The van der Waals surface area contributed by atoms with E-state index in [0.717, 1.165) is 0 Å². The number of ether oxygens (including phenoxy) is 1. The van der Waals surface area contributed by atoms with E-state index in [1.807, 2.05) is 6.07 Å². The molecule has 0 saturated carbocycles. The van der Waals surface area contributed by atoms with Gasteiger partial charge in [-0.2, -0.15) is 0 Å². The fourth-order valence-electron chi connectivity index (χ4n) is 3.26. The molecule has 1 fully saturated rings. The third-order valence-electron chi connectivity index (χ3n) is 4.72. The first-order valence-corrected chi connectivity index (χ1v) is 10.3. The first-order valence-electron chi connectivity index (χ1n) is 8.59. The molecule has 0 spiro atoms. The van der Waals surface area contributed by atoms with Gasteiger partial charge in [-0.25, -0.2) is 0 Å². The maximum absolute atomic E-state index is 11.3. The molecule has 0 aromatic carbocycles. The molecule has 1 aliphatic heterocycles. The van der Waals surface area contributed by atoms with Gasteiger partial charge < -0.3 is 0 Å². The predicted molar refractivity (Wildman–Crippen MR) is 100 cm³/mol. The van der Waals surface area contributed by atoms with Crippen molar-refractivity contribution < 1.29 is 25.0 Å². The van der Waals surface area contributed by atoms with Gasteiger partial charge in [-0.1, -0.05) is 0 Å². The molecular formula is C16H15N7O6Se. The van der Waals surface area contributed by atoms with Crippen molar-refractivity contribution in [2.24, 2.45) is 7.05 Å². The molecule has 0 unspecified atom stereocenters. The number of aliphatic hydroxyl groups excluding tert-OH is 3. The number of rotatable bonds is 5. The molecule has 4 heterocycles. The summed E-state index contributed by atoms with van der Waals surface area (Å²) in [4.78, 5) is 22.9. The zero-order valence-electron chi connectivity index (χ0n) is 15.4. The molecule has 4 rings (SSSR count). The van der Waals surface area contributed by atoms with Gasteiger partial charge in [-0.15, -0.1) is 0 Å². The molecule has 0 aliphatic carbocycles. The van der Waals surface area contributed by atoms with Gasteiger partial charge >= 0.3 is 174 Å². The number of nitro groups is 1. The van der Waals surface area contributed by atoms with Gasteiger partial charge in [0.15, 0.2) is 0 Å². The average molecular weight is 480 g/mol. The van der Waals surface area contributed by atoms with Crippen LogP contribution in [0.2, 0.25) is 0 Å². The van der Waals surface area contributed by atoms with Gasteiger partial charge in [-0.05, 0) is 0 Å². The van der Waals surface area contributed by atoms with Crippen LogP contribution in [0.5, 0.6) is 0 Å². The second-order valence-electron chi connectivity index (χ2n) is 6.51. The molecule has 0 amide bonds. The quantitative estimate of drug-likeness (QED) is 0.196. The van der Waals surface area contributed by atoms with E-state index >= 15 is 0 Å². The Bertz CT molecular complexity index is 1170. The molecule has 1 aliphatic rings. The van der Waals surface area contributed by atoms with Crippen molar-refractivity contribution in [1.82, 2.24) is 24.1 Å². The standard InChI is InChI=1S/C16H15N7O6Se/c1-21-6-20-13(23(27)28)16(21)30-14-9-7(2-17)3-22(12(9)18-5-19-14)15-11(26)10(25)8(4-24)29-15/h3,5-6,8,10-11,15,24-26H,4H2,1H3/t8-,10-,11-,15-/m1/s1. The second-order valence-corrected chi connectivity index (χ2v) is 8.56. The van der Waals surface area contributed by atoms with Crippen molar-refractivity contribution in [3.63, 3.8) is 0 Å². The summed E-state index contributed by atoms with van der Waals surface area (Å²) in [5.74, 6) is -0.286. The molecule has 0 radical (unpaired) electrons.